The lowest BCUT2D eigenvalue weighted by atomic mass is 10.1. The first-order valence-electron chi connectivity index (χ1n) is 13.1. The van der Waals surface area contributed by atoms with Crippen molar-refractivity contribution in [1.82, 2.24) is 4.57 Å². The summed E-state index contributed by atoms with van der Waals surface area (Å²) in [6.07, 6.45) is 6.31. The van der Waals surface area contributed by atoms with Gasteiger partial charge in [-0.15, -0.1) is 11.3 Å². The van der Waals surface area contributed by atoms with Crippen molar-refractivity contribution >= 4 is 73.3 Å². The number of anilines is 1. The normalized spacial score (nSPS) is 15.1. The molecule has 0 fully saturated rings. The Morgan fingerprint density at radius 2 is 1.77 bits per heavy atom. The second-order valence-corrected chi connectivity index (χ2v) is 12.5. The number of hydrogen-bond donors (Lipinski definition) is 0. The van der Waals surface area contributed by atoms with Gasteiger partial charge in [0.15, 0.2) is 0 Å². The minimum absolute atomic E-state index is 0. The maximum absolute atomic E-state index is 13.4. The highest BCUT2D eigenvalue weighted by atomic mass is 32.2. The van der Waals surface area contributed by atoms with Gasteiger partial charge in [0, 0.05) is 29.4 Å². The minimum atomic E-state index is 0. The third kappa shape index (κ3) is 4.77. The van der Waals surface area contributed by atoms with Crippen LogP contribution < -0.4 is 24.2 Å². The number of aromatic nitrogens is 2. The highest BCUT2D eigenvalue weighted by molar-refractivity contribution is 8.03. The Hall–Kier alpha value is -3.13. The average Bonchev–Trinajstić information content (AvgIpc) is 3.57. The van der Waals surface area contributed by atoms with E-state index in [4.69, 9.17) is 0 Å². The Kier molecular flexibility index (Phi) is 7.85. The third-order valence-corrected chi connectivity index (χ3v) is 10.4. The van der Waals surface area contributed by atoms with Crippen molar-refractivity contribution in [3.63, 3.8) is 0 Å². The van der Waals surface area contributed by atoms with Crippen LogP contribution in [-0.2, 0) is 13.1 Å². The summed E-state index contributed by atoms with van der Waals surface area (Å²) < 4.78 is 7.31. The lowest BCUT2D eigenvalue weighted by Gasteiger charge is -2.17. The second kappa shape index (κ2) is 11.2. The zero-order chi connectivity index (χ0) is 26.4. The fourth-order valence-electron chi connectivity index (χ4n) is 5.13. The van der Waals surface area contributed by atoms with Crippen molar-refractivity contribution in [2.75, 3.05) is 11.4 Å². The molecule has 6 rings (SSSR count). The standard InChI is InChI=1S/C31H30N3OS3.CH4/c1-5-32-23-14-13-21-10-8-9-11-22(21)30(23)38-28(32)19-29-34(7-3)31(35)26(37-29)16-17-27-33(6-2)24-18-20(4)12-15-25(24)36-27;/h8-19H,5-7H2,1-4H3;1H4/q+1;. The van der Waals surface area contributed by atoms with Gasteiger partial charge >= 0.3 is 0 Å². The Morgan fingerprint density at radius 1 is 0.949 bits per heavy atom. The molecule has 0 unspecified atom stereocenters. The van der Waals surface area contributed by atoms with Gasteiger partial charge in [-0.2, -0.15) is 4.57 Å². The van der Waals surface area contributed by atoms with Crippen LogP contribution in [0, 0.1) is 6.92 Å². The van der Waals surface area contributed by atoms with Crippen molar-refractivity contribution < 1.29 is 4.57 Å². The maximum Gasteiger partial charge on any atom is 0.269 e. The first kappa shape index (κ1) is 27.4. The summed E-state index contributed by atoms with van der Waals surface area (Å²) in [7, 11) is 0. The van der Waals surface area contributed by atoms with Gasteiger partial charge < -0.3 is 4.90 Å². The number of aryl methyl sites for hydroxylation is 2. The van der Waals surface area contributed by atoms with Crippen molar-refractivity contribution in [3.8, 4) is 0 Å². The highest BCUT2D eigenvalue weighted by Gasteiger charge is 2.23. The summed E-state index contributed by atoms with van der Waals surface area (Å²) in [5, 5.41) is 4.87. The monoisotopic (exact) mass is 572 g/mol. The SMILES string of the molecule is C.CCN1C(=CC=c2sc(=Cc3sc4c5ccccc5ccc4[n+]3CC)n(CC)c2=O)Sc2ccc(C)cc21. The van der Waals surface area contributed by atoms with Crippen LogP contribution in [0.5, 0.6) is 0 Å². The van der Waals surface area contributed by atoms with Gasteiger partial charge in [0.05, 0.1) is 21.3 Å². The number of thioether (sulfide) groups is 1. The quantitative estimate of drug-likeness (QED) is 0.221. The average molecular weight is 573 g/mol. The van der Waals surface area contributed by atoms with Gasteiger partial charge in [-0.1, -0.05) is 60.9 Å². The molecule has 0 radical (unpaired) electrons. The van der Waals surface area contributed by atoms with E-state index in [0.29, 0.717) is 6.54 Å². The largest absolute Gasteiger partial charge is 0.335 e. The van der Waals surface area contributed by atoms with E-state index in [1.165, 1.54) is 42.1 Å². The van der Waals surface area contributed by atoms with Crippen molar-refractivity contribution in [2.24, 2.45) is 0 Å². The minimum Gasteiger partial charge on any atom is -0.335 e. The first-order valence-corrected chi connectivity index (χ1v) is 15.5. The highest BCUT2D eigenvalue weighted by Crippen LogP contribution is 2.46. The molecule has 0 saturated heterocycles. The lowest BCUT2D eigenvalue weighted by Crippen LogP contribution is -2.35. The van der Waals surface area contributed by atoms with E-state index in [1.807, 2.05) is 17.6 Å². The number of allylic oxidation sites excluding steroid dienone is 1. The van der Waals surface area contributed by atoms with E-state index in [0.717, 1.165) is 27.3 Å². The predicted molar refractivity (Wildman–Crippen MR) is 172 cm³/mol. The van der Waals surface area contributed by atoms with Crippen LogP contribution in [0.3, 0.4) is 0 Å². The molecule has 0 N–H and O–H groups in total. The summed E-state index contributed by atoms with van der Waals surface area (Å²) in [5.41, 5.74) is 3.84. The zero-order valence-corrected chi connectivity index (χ0v) is 24.5. The Balaban J connectivity index is 0.00000308. The summed E-state index contributed by atoms with van der Waals surface area (Å²) in [6, 6.07) is 19.6. The third-order valence-electron chi connectivity index (χ3n) is 7.02. The zero-order valence-electron chi connectivity index (χ0n) is 22.0. The van der Waals surface area contributed by atoms with Gasteiger partial charge in [0.2, 0.25) is 5.52 Å². The van der Waals surface area contributed by atoms with Crippen molar-refractivity contribution in [2.45, 2.75) is 53.1 Å². The number of nitrogens with zero attached hydrogens (tertiary/aromatic N) is 3. The van der Waals surface area contributed by atoms with Gasteiger partial charge in [-0.3, -0.25) is 9.36 Å². The van der Waals surface area contributed by atoms with Gasteiger partial charge in [-0.25, -0.2) is 0 Å². The van der Waals surface area contributed by atoms with E-state index in [1.54, 1.807) is 34.4 Å². The van der Waals surface area contributed by atoms with E-state index in [9.17, 15) is 4.79 Å². The molecule has 7 heteroatoms. The molecule has 39 heavy (non-hydrogen) atoms. The lowest BCUT2D eigenvalue weighted by molar-refractivity contribution is -0.665. The van der Waals surface area contributed by atoms with Crippen LogP contribution in [0.4, 0.5) is 5.69 Å². The molecule has 2 aromatic heterocycles. The molecule has 0 amide bonds. The van der Waals surface area contributed by atoms with Crippen molar-refractivity contribution in [1.29, 1.82) is 0 Å². The van der Waals surface area contributed by atoms with Crippen LogP contribution in [0.15, 0.2) is 75.4 Å². The molecule has 0 bridgehead atoms. The molecule has 5 aromatic rings. The molecule has 0 aliphatic carbocycles. The van der Waals surface area contributed by atoms with E-state index >= 15 is 0 Å². The van der Waals surface area contributed by atoms with Crippen LogP contribution in [0.2, 0.25) is 0 Å². The number of hydrogen-bond acceptors (Lipinski definition) is 5. The Labute approximate surface area is 241 Å². The number of benzene rings is 3. The molecule has 0 spiro atoms. The van der Waals surface area contributed by atoms with Crippen LogP contribution in [0.1, 0.15) is 38.8 Å². The molecule has 0 saturated carbocycles. The Bertz CT molecular complexity index is 1910. The van der Waals surface area contributed by atoms with Crippen LogP contribution in [0.25, 0.3) is 33.1 Å². The molecule has 0 atom stereocenters. The predicted octanol–water partition coefficient (Wildman–Crippen LogP) is 6.63. The van der Waals surface area contributed by atoms with Gasteiger partial charge in [-0.05, 0) is 69.0 Å². The maximum atomic E-state index is 13.4. The van der Waals surface area contributed by atoms with Gasteiger partial charge in [0.1, 0.15) is 15.9 Å². The second-order valence-electron chi connectivity index (χ2n) is 9.31. The summed E-state index contributed by atoms with van der Waals surface area (Å²) in [4.78, 5) is 17.0. The van der Waals surface area contributed by atoms with E-state index < -0.39 is 0 Å². The van der Waals surface area contributed by atoms with Crippen LogP contribution >= 0.6 is 34.4 Å². The molecule has 3 heterocycles. The summed E-state index contributed by atoms with van der Waals surface area (Å²) >= 11 is 5.15. The first-order chi connectivity index (χ1) is 18.5. The molecular formula is C32H34N3OS3+. The molecule has 4 nitrogen and oxygen atoms in total. The smallest absolute Gasteiger partial charge is 0.269 e. The topological polar surface area (TPSA) is 29.1 Å². The molecular weight excluding hydrogens is 539 g/mol. The number of fused-ring (bicyclic) bond motifs is 4. The summed E-state index contributed by atoms with van der Waals surface area (Å²) in [5.74, 6) is 0. The molecule has 1 aliphatic heterocycles. The van der Waals surface area contributed by atoms with E-state index in [2.05, 4.69) is 97.0 Å². The number of rotatable bonds is 5. The fraction of sp³-hybridized carbons (Fsp3) is 0.250. The summed E-state index contributed by atoms with van der Waals surface area (Å²) in [6.45, 7) is 10.9. The van der Waals surface area contributed by atoms with Crippen molar-refractivity contribution in [3.05, 3.63) is 95.8 Å². The number of thiazole rings is 2. The molecule has 200 valence electrons. The fourth-order valence-corrected chi connectivity index (χ4v) is 8.66. The Morgan fingerprint density at radius 3 is 2.54 bits per heavy atom. The van der Waals surface area contributed by atoms with E-state index in [-0.39, 0.29) is 13.0 Å². The molecule has 1 aliphatic rings. The van der Waals surface area contributed by atoms with Crippen LogP contribution in [-0.4, -0.2) is 11.1 Å². The van der Waals surface area contributed by atoms with Gasteiger partial charge in [0.25, 0.3) is 10.6 Å². The molecule has 3 aromatic carbocycles.